The molecule has 0 aliphatic carbocycles. The van der Waals surface area contributed by atoms with Crippen LogP contribution in [0.15, 0.2) is 29.2 Å². The molecule has 0 N–H and O–H groups in total. The van der Waals surface area contributed by atoms with E-state index < -0.39 is 21.2 Å². The zero-order valence-electron chi connectivity index (χ0n) is 15.4. The van der Waals surface area contributed by atoms with E-state index in [-0.39, 0.29) is 10.8 Å². The third kappa shape index (κ3) is 3.50. The molecule has 2 aliphatic heterocycles. The molecule has 3 rings (SSSR count). The Bertz CT molecular complexity index is 778. The minimum atomic E-state index is -3.68. The molecule has 0 radical (unpaired) electrons. The van der Waals surface area contributed by atoms with Gasteiger partial charge in [0.15, 0.2) is 0 Å². The van der Waals surface area contributed by atoms with Crippen LogP contribution in [-0.4, -0.2) is 55.5 Å². The standard InChI is InChI=1S/C18H25ClN2O4S/c1-17(2,3)16(22)20-10-8-18(9-11-20)21(12-13-25-18)26(23,24)15-6-4-14(19)5-7-15/h4-7H,8-13H2,1-3H3. The van der Waals surface area contributed by atoms with Gasteiger partial charge in [0, 0.05) is 42.9 Å². The summed E-state index contributed by atoms with van der Waals surface area (Å²) in [7, 11) is -3.68. The van der Waals surface area contributed by atoms with Gasteiger partial charge in [0.1, 0.15) is 5.72 Å². The number of ether oxygens (including phenoxy) is 1. The van der Waals surface area contributed by atoms with Crippen LogP contribution in [0.5, 0.6) is 0 Å². The number of hydrogen-bond acceptors (Lipinski definition) is 4. The predicted molar refractivity (Wildman–Crippen MR) is 99.3 cm³/mol. The van der Waals surface area contributed by atoms with Crippen LogP contribution < -0.4 is 0 Å². The molecule has 2 heterocycles. The molecular weight excluding hydrogens is 376 g/mol. The molecule has 6 nitrogen and oxygen atoms in total. The topological polar surface area (TPSA) is 66.9 Å². The Morgan fingerprint density at radius 1 is 1.12 bits per heavy atom. The third-order valence-electron chi connectivity index (χ3n) is 4.99. The maximum Gasteiger partial charge on any atom is 0.245 e. The fraction of sp³-hybridized carbons (Fsp3) is 0.611. The van der Waals surface area contributed by atoms with Crippen molar-refractivity contribution in [3.05, 3.63) is 29.3 Å². The quantitative estimate of drug-likeness (QED) is 0.765. The maximum atomic E-state index is 13.1. The van der Waals surface area contributed by atoms with Crippen molar-refractivity contribution in [2.24, 2.45) is 5.41 Å². The van der Waals surface area contributed by atoms with Crippen molar-refractivity contribution in [2.45, 2.75) is 44.2 Å². The molecule has 8 heteroatoms. The SMILES string of the molecule is CC(C)(C)C(=O)N1CCC2(CC1)OCCN2S(=O)(=O)c1ccc(Cl)cc1. The molecule has 0 atom stereocenters. The Hall–Kier alpha value is -1.15. The lowest BCUT2D eigenvalue weighted by Gasteiger charge is -2.44. The molecule has 0 bridgehead atoms. The smallest absolute Gasteiger partial charge is 0.245 e. The average Bonchev–Trinajstić information content (AvgIpc) is 2.98. The van der Waals surface area contributed by atoms with E-state index in [1.54, 1.807) is 17.0 Å². The Balaban J connectivity index is 1.81. The van der Waals surface area contributed by atoms with Crippen molar-refractivity contribution in [1.82, 2.24) is 9.21 Å². The molecule has 1 aromatic rings. The summed E-state index contributed by atoms with van der Waals surface area (Å²) >= 11 is 5.88. The van der Waals surface area contributed by atoms with Crippen LogP contribution in [0.2, 0.25) is 5.02 Å². The summed E-state index contributed by atoms with van der Waals surface area (Å²) < 4.78 is 33.6. The van der Waals surface area contributed by atoms with Crippen molar-refractivity contribution in [1.29, 1.82) is 0 Å². The zero-order chi connectivity index (χ0) is 19.2. The Kier molecular flexibility index (Phi) is 5.11. The van der Waals surface area contributed by atoms with Gasteiger partial charge in [-0.15, -0.1) is 0 Å². The maximum absolute atomic E-state index is 13.1. The Morgan fingerprint density at radius 3 is 2.23 bits per heavy atom. The molecular formula is C18H25ClN2O4S. The fourth-order valence-electron chi connectivity index (χ4n) is 3.59. The van der Waals surface area contributed by atoms with Gasteiger partial charge in [-0.2, -0.15) is 4.31 Å². The highest BCUT2D eigenvalue weighted by Gasteiger charge is 2.51. The van der Waals surface area contributed by atoms with Gasteiger partial charge in [0.2, 0.25) is 15.9 Å². The lowest BCUT2D eigenvalue weighted by molar-refractivity contribution is -0.147. The molecule has 0 unspecified atom stereocenters. The van der Waals surface area contributed by atoms with Crippen LogP contribution in [0.1, 0.15) is 33.6 Å². The summed E-state index contributed by atoms with van der Waals surface area (Å²) in [6.45, 7) is 7.33. The number of hydrogen-bond donors (Lipinski definition) is 0. The van der Waals surface area contributed by atoms with Gasteiger partial charge in [0.25, 0.3) is 0 Å². The molecule has 2 fully saturated rings. The highest BCUT2D eigenvalue weighted by molar-refractivity contribution is 7.89. The lowest BCUT2D eigenvalue weighted by atomic mass is 9.92. The van der Waals surface area contributed by atoms with E-state index in [4.69, 9.17) is 16.3 Å². The normalized spacial score (nSPS) is 21.3. The van der Waals surface area contributed by atoms with E-state index >= 15 is 0 Å². The van der Waals surface area contributed by atoms with Crippen LogP contribution in [0, 0.1) is 5.41 Å². The van der Waals surface area contributed by atoms with Crippen LogP contribution >= 0.6 is 11.6 Å². The number of halogens is 1. The van der Waals surface area contributed by atoms with Crippen molar-refractivity contribution in [2.75, 3.05) is 26.2 Å². The van der Waals surface area contributed by atoms with Crippen LogP contribution in [0.3, 0.4) is 0 Å². The van der Waals surface area contributed by atoms with Crippen molar-refractivity contribution >= 4 is 27.5 Å². The van der Waals surface area contributed by atoms with E-state index in [9.17, 15) is 13.2 Å². The molecule has 0 aromatic heterocycles. The summed E-state index contributed by atoms with van der Waals surface area (Å²) in [5.41, 5.74) is -1.32. The second kappa shape index (κ2) is 6.78. The number of rotatable bonds is 2. The second-order valence-electron chi connectivity index (χ2n) is 7.87. The van der Waals surface area contributed by atoms with Gasteiger partial charge >= 0.3 is 0 Å². The number of amides is 1. The molecule has 2 saturated heterocycles. The highest BCUT2D eigenvalue weighted by Crippen LogP contribution is 2.39. The third-order valence-corrected chi connectivity index (χ3v) is 7.21. The van der Waals surface area contributed by atoms with E-state index in [0.29, 0.717) is 44.1 Å². The number of carbonyl (C=O) groups is 1. The van der Waals surface area contributed by atoms with Gasteiger partial charge in [-0.3, -0.25) is 4.79 Å². The van der Waals surface area contributed by atoms with Crippen molar-refractivity contribution < 1.29 is 17.9 Å². The number of nitrogens with zero attached hydrogens (tertiary/aromatic N) is 2. The molecule has 144 valence electrons. The van der Waals surface area contributed by atoms with E-state index in [1.165, 1.54) is 16.4 Å². The van der Waals surface area contributed by atoms with Gasteiger partial charge in [-0.1, -0.05) is 32.4 Å². The number of benzene rings is 1. The van der Waals surface area contributed by atoms with E-state index in [1.807, 2.05) is 20.8 Å². The predicted octanol–water partition coefficient (Wildman–Crippen LogP) is 2.73. The first-order valence-corrected chi connectivity index (χ1v) is 10.6. The number of piperidine rings is 1. The Labute approximate surface area is 160 Å². The van der Waals surface area contributed by atoms with Gasteiger partial charge in [-0.05, 0) is 24.3 Å². The van der Waals surface area contributed by atoms with Crippen LogP contribution in [0.4, 0.5) is 0 Å². The summed E-state index contributed by atoms with van der Waals surface area (Å²) in [4.78, 5) is 14.5. The molecule has 1 spiro atoms. The van der Waals surface area contributed by atoms with Crippen molar-refractivity contribution in [3.63, 3.8) is 0 Å². The summed E-state index contributed by atoms with van der Waals surface area (Å²) in [5, 5.41) is 0.491. The first-order chi connectivity index (χ1) is 12.1. The van der Waals surface area contributed by atoms with Crippen molar-refractivity contribution in [3.8, 4) is 0 Å². The van der Waals surface area contributed by atoms with Gasteiger partial charge in [0.05, 0.1) is 11.5 Å². The summed E-state index contributed by atoms with van der Waals surface area (Å²) in [6, 6.07) is 6.18. The van der Waals surface area contributed by atoms with Gasteiger partial charge < -0.3 is 9.64 Å². The minimum Gasteiger partial charge on any atom is -0.358 e. The average molecular weight is 401 g/mol. The first-order valence-electron chi connectivity index (χ1n) is 8.78. The fourth-order valence-corrected chi connectivity index (χ4v) is 5.44. The van der Waals surface area contributed by atoms with Crippen LogP contribution in [0.25, 0.3) is 0 Å². The second-order valence-corrected chi connectivity index (χ2v) is 10.2. The number of carbonyl (C=O) groups excluding carboxylic acids is 1. The monoisotopic (exact) mass is 400 g/mol. The summed E-state index contributed by atoms with van der Waals surface area (Å²) in [6.07, 6.45) is 0.948. The Morgan fingerprint density at radius 2 is 1.69 bits per heavy atom. The van der Waals surface area contributed by atoms with E-state index in [0.717, 1.165) is 0 Å². The van der Waals surface area contributed by atoms with Gasteiger partial charge in [-0.25, -0.2) is 8.42 Å². The first kappa shape index (κ1) is 19.6. The lowest BCUT2D eigenvalue weighted by Crippen LogP contribution is -2.56. The largest absolute Gasteiger partial charge is 0.358 e. The molecule has 26 heavy (non-hydrogen) atoms. The molecule has 1 amide bonds. The number of likely N-dealkylation sites (tertiary alicyclic amines) is 1. The number of sulfonamides is 1. The molecule has 2 aliphatic rings. The molecule has 1 aromatic carbocycles. The summed E-state index contributed by atoms with van der Waals surface area (Å²) in [5.74, 6) is 0.0810. The minimum absolute atomic E-state index is 0.0810. The zero-order valence-corrected chi connectivity index (χ0v) is 16.9. The molecule has 0 saturated carbocycles. The van der Waals surface area contributed by atoms with E-state index in [2.05, 4.69) is 0 Å². The van der Waals surface area contributed by atoms with Crippen LogP contribution in [-0.2, 0) is 19.6 Å². The highest BCUT2D eigenvalue weighted by atomic mass is 35.5.